The third-order valence-corrected chi connectivity index (χ3v) is 3.31. The van der Waals surface area contributed by atoms with Gasteiger partial charge in [0.1, 0.15) is 11.8 Å². The molecule has 2 aromatic rings. The van der Waals surface area contributed by atoms with Gasteiger partial charge in [-0.25, -0.2) is 0 Å². The first-order chi connectivity index (χ1) is 8.25. The summed E-state index contributed by atoms with van der Waals surface area (Å²) in [5, 5.41) is 18.1. The van der Waals surface area contributed by atoms with Crippen molar-refractivity contribution in [3.8, 4) is 0 Å². The second kappa shape index (κ2) is 3.92. The molecule has 88 valence electrons. The quantitative estimate of drug-likeness (QED) is 0.835. The summed E-state index contributed by atoms with van der Waals surface area (Å²) in [7, 11) is 1.80. The fourth-order valence-electron chi connectivity index (χ4n) is 2.46. The van der Waals surface area contributed by atoms with E-state index in [-0.39, 0.29) is 5.92 Å². The molecule has 1 aliphatic carbocycles. The number of pyridine rings is 1. The number of rotatable bonds is 2. The summed E-state index contributed by atoms with van der Waals surface area (Å²) < 4.78 is 1.60. The van der Waals surface area contributed by atoms with E-state index in [2.05, 4.69) is 21.4 Å². The van der Waals surface area contributed by atoms with Gasteiger partial charge in [-0.05, 0) is 24.5 Å². The lowest BCUT2D eigenvalue weighted by Gasteiger charge is -2.15. The Labute approximate surface area is 99.1 Å². The molecule has 3 rings (SSSR count). The van der Waals surface area contributed by atoms with E-state index in [4.69, 9.17) is 0 Å². The van der Waals surface area contributed by atoms with Gasteiger partial charge in [0.15, 0.2) is 0 Å². The maximum atomic E-state index is 10.3. The molecule has 2 unspecified atom stereocenters. The maximum absolute atomic E-state index is 10.3. The molecule has 5 heteroatoms. The Morgan fingerprint density at radius 3 is 3.18 bits per heavy atom. The van der Waals surface area contributed by atoms with E-state index < -0.39 is 6.10 Å². The Kier molecular flexibility index (Phi) is 2.40. The van der Waals surface area contributed by atoms with Crippen molar-refractivity contribution in [1.29, 1.82) is 0 Å². The van der Waals surface area contributed by atoms with Gasteiger partial charge in [-0.3, -0.25) is 9.67 Å². The van der Waals surface area contributed by atoms with Crippen LogP contribution in [-0.4, -0.2) is 25.1 Å². The topological polar surface area (TPSA) is 63.8 Å². The third-order valence-electron chi connectivity index (χ3n) is 3.31. The van der Waals surface area contributed by atoms with Crippen molar-refractivity contribution in [2.24, 2.45) is 7.05 Å². The SMILES string of the molecule is Cn1cc(C(O)C2CCc3cccnc32)nn1. The zero-order valence-corrected chi connectivity index (χ0v) is 9.61. The van der Waals surface area contributed by atoms with Crippen LogP contribution in [0, 0.1) is 0 Å². The molecule has 0 aliphatic heterocycles. The van der Waals surface area contributed by atoms with Crippen molar-refractivity contribution in [3.05, 3.63) is 41.5 Å². The lowest BCUT2D eigenvalue weighted by Crippen LogP contribution is -2.09. The second-order valence-electron chi connectivity index (χ2n) is 4.45. The van der Waals surface area contributed by atoms with Crippen LogP contribution in [-0.2, 0) is 13.5 Å². The molecule has 0 saturated carbocycles. The number of nitrogens with zero attached hydrogens (tertiary/aromatic N) is 4. The molecule has 0 amide bonds. The van der Waals surface area contributed by atoms with Gasteiger partial charge in [-0.2, -0.15) is 0 Å². The van der Waals surface area contributed by atoms with Crippen molar-refractivity contribution in [1.82, 2.24) is 20.0 Å². The van der Waals surface area contributed by atoms with Gasteiger partial charge >= 0.3 is 0 Å². The lowest BCUT2D eigenvalue weighted by atomic mass is 9.97. The van der Waals surface area contributed by atoms with E-state index in [0.29, 0.717) is 5.69 Å². The normalized spacial score (nSPS) is 20.2. The molecular formula is C12H14N4O. The van der Waals surface area contributed by atoms with Crippen LogP contribution in [0.4, 0.5) is 0 Å². The van der Waals surface area contributed by atoms with Crippen LogP contribution in [0.1, 0.15) is 35.4 Å². The highest BCUT2D eigenvalue weighted by atomic mass is 16.3. The van der Waals surface area contributed by atoms with E-state index >= 15 is 0 Å². The van der Waals surface area contributed by atoms with Crippen LogP contribution in [0.2, 0.25) is 0 Å². The standard InChI is InChI=1S/C12H14N4O/c1-16-7-10(14-15-16)12(17)9-5-4-8-3-2-6-13-11(8)9/h2-3,6-7,9,12,17H,4-5H2,1H3. The molecule has 2 heterocycles. The molecular weight excluding hydrogens is 216 g/mol. The van der Waals surface area contributed by atoms with Gasteiger partial charge in [0.05, 0.1) is 6.20 Å². The first-order valence-electron chi connectivity index (χ1n) is 5.74. The summed E-state index contributed by atoms with van der Waals surface area (Å²) in [6.45, 7) is 0. The van der Waals surface area contributed by atoms with Crippen molar-refractivity contribution < 1.29 is 5.11 Å². The molecule has 0 spiro atoms. The summed E-state index contributed by atoms with van der Waals surface area (Å²) in [5.41, 5.74) is 2.86. The van der Waals surface area contributed by atoms with Gasteiger partial charge in [0.2, 0.25) is 0 Å². The number of aromatic nitrogens is 4. The number of hydrogen-bond donors (Lipinski definition) is 1. The molecule has 0 radical (unpaired) electrons. The molecule has 2 atom stereocenters. The summed E-state index contributed by atoms with van der Waals surface area (Å²) in [6, 6.07) is 4.02. The predicted molar refractivity (Wildman–Crippen MR) is 61.3 cm³/mol. The average Bonchev–Trinajstić information content (AvgIpc) is 2.94. The Morgan fingerprint density at radius 1 is 1.53 bits per heavy atom. The van der Waals surface area contributed by atoms with Gasteiger partial charge < -0.3 is 5.11 Å². The van der Waals surface area contributed by atoms with Crippen LogP contribution >= 0.6 is 0 Å². The van der Waals surface area contributed by atoms with Crippen molar-refractivity contribution in [3.63, 3.8) is 0 Å². The Bertz CT molecular complexity index is 537. The zero-order chi connectivity index (χ0) is 11.8. The summed E-state index contributed by atoms with van der Waals surface area (Å²) in [4.78, 5) is 4.38. The first kappa shape index (κ1) is 10.4. The van der Waals surface area contributed by atoms with Gasteiger partial charge in [0.25, 0.3) is 0 Å². The minimum Gasteiger partial charge on any atom is -0.386 e. The van der Waals surface area contributed by atoms with E-state index in [9.17, 15) is 5.11 Å². The van der Waals surface area contributed by atoms with Crippen LogP contribution in [0.3, 0.4) is 0 Å². The number of aliphatic hydroxyl groups excluding tert-OH is 1. The first-order valence-corrected chi connectivity index (χ1v) is 5.74. The molecule has 0 saturated heterocycles. The van der Waals surface area contributed by atoms with Crippen molar-refractivity contribution >= 4 is 0 Å². The largest absolute Gasteiger partial charge is 0.386 e. The fraction of sp³-hybridized carbons (Fsp3) is 0.417. The van der Waals surface area contributed by atoms with Crippen LogP contribution in [0.5, 0.6) is 0 Å². The van der Waals surface area contributed by atoms with Gasteiger partial charge in [0, 0.05) is 24.9 Å². The van der Waals surface area contributed by atoms with Crippen LogP contribution in [0.15, 0.2) is 24.5 Å². The molecule has 17 heavy (non-hydrogen) atoms. The smallest absolute Gasteiger partial charge is 0.112 e. The molecule has 1 N–H and O–H groups in total. The summed E-state index contributed by atoms with van der Waals surface area (Å²) >= 11 is 0. The highest BCUT2D eigenvalue weighted by Crippen LogP contribution is 2.39. The maximum Gasteiger partial charge on any atom is 0.112 e. The second-order valence-corrected chi connectivity index (χ2v) is 4.45. The summed E-state index contributed by atoms with van der Waals surface area (Å²) in [5.74, 6) is 0.0444. The Hall–Kier alpha value is -1.75. The van der Waals surface area contributed by atoms with Gasteiger partial charge in [-0.1, -0.05) is 11.3 Å². The molecule has 1 aliphatic rings. The highest BCUT2D eigenvalue weighted by Gasteiger charge is 2.32. The molecule has 0 bridgehead atoms. The number of aliphatic hydroxyl groups is 1. The average molecular weight is 230 g/mol. The van der Waals surface area contributed by atoms with E-state index in [0.717, 1.165) is 18.5 Å². The van der Waals surface area contributed by atoms with E-state index in [1.165, 1.54) is 5.56 Å². The number of hydrogen-bond acceptors (Lipinski definition) is 4. The zero-order valence-electron chi connectivity index (χ0n) is 9.61. The predicted octanol–water partition coefficient (Wildman–Crippen LogP) is 0.973. The minimum atomic E-state index is -0.611. The molecule has 0 aromatic carbocycles. The molecule has 2 aromatic heterocycles. The van der Waals surface area contributed by atoms with Gasteiger partial charge in [-0.15, -0.1) is 5.10 Å². The molecule has 0 fully saturated rings. The summed E-state index contributed by atoms with van der Waals surface area (Å²) in [6.07, 6.45) is 4.82. The third kappa shape index (κ3) is 1.72. The van der Waals surface area contributed by atoms with Crippen molar-refractivity contribution in [2.45, 2.75) is 24.9 Å². The highest BCUT2D eigenvalue weighted by molar-refractivity contribution is 5.30. The van der Waals surface area contributed by atoms with E-state index in [1.54, 1.807) is 24.1 Å². The number of aryl methyl sites for hydroxylation is 2. The monoisotopic (exact) mass is 230 g/mol. The van der Waals surface area contributed by atoms with Crippen molar-refractivity contribution in [2.75, 3.05) is 0 Å². The van der Waals surface area contributed by atoms with E-state index in [1.807, 2.05) is 6.07 Å². The minimum absolute atomic E-state index is 0.0444. The Morgan fingerprint density at radius 2 is 2.41 bits per heavy atom. The Balaban J connectivity index is 1.92. The van der Waals surface area contributed by atoms with Crippen LogP contribution in [0.25, 0.3) is 0 Å². The van der Waals surface area contributed by atoms with Crippen LogP contribution < -0.4 is 0 Å². The number of fused-ring (bicyclic) bond motifs is 1. The fourth-order valence-corrected chi connectivity index (χ4v) is 2.46. The molecule has 5 nitrogen and oxygen atoms in total. The lowest BCUT2D eigenvalue weighted by molar-refractivity contribution is 0.138.